The van der Waals surface area contributed by atoms with Gasteiger partial charge in [-0.3, -0.25) is 5.73 Å². The maximum Gasteiger partial charge on any atom is 0.0953 e. The number of aliphatic hydroxyl groups excluding tert-OH is 1. The fourth-order valence-corrected chi connectivity index (χ4v) is 0.939. The molecule has 0 heterocycles. The van der Waals surface area contributed by atoms with E-state index in [4.69, 9.17) is 5.73 Å². The summed E-state index contributed by atoms with van der Waals surface area (Å²) in [5.74, 6) is 0. The van der Waals surface area contributed by atoms with Crippen molar-refractivity contribution in [1.82, 2.24) is 5.73 Å². The van der Waals surface area contributed by atoms with Crippen molar-refractivity contribution in [2.24, 2.45) is 0 Å². The molecule has 0 amide bonds. The highest BCUT2D eigenvalue weighted by Gasteiger charge is 2.11. The molecule has 11 heavy (non-hydrogen) atoms. The number of rotatable bonds is 2. The summed E-state index contributed by atoms with van der Waals surface area (Å²) < 4.78 is 0. The van der Waals surface area contributed by atoms with Crippen molar-refractivity contribution in [1.29, 1.82) is 0 Å². The van der Waals surface area contributed by atoms with Gasteiger partial charge in [-0.05, 0) is 12.5 Å². The Hall–Kier alpha value is -0.860. The van der Waals surface area contributed by atoms with Crippen LogP contribution in [0.1, 0.15) is 18.6 Å². The van der Waals surface area contributed by atoms with Crippen LogP contribution in [0.3, 0.4) is 0 Å². The molecule has 2 atom stereocenters. The van der Waals surface area contributed by atoms with Gasteiger partial charge < -0.3 is 5.11 Å². The fourth-order valence-electron chi connectivity index (χ4n) is 0.939. The predicted octanol–water partition coefficient (Wildman–Crippen LogP) is 1.39. The van der Waals surface area contributed by atoms with E-state index >= 15 is 0 Å². The Kier molecular flexibility index (Phi) is 2.63. The van der Waals surface area contributed by atoms with E-state index in [0.29, 0.717) is 0 Å². The summed E-state index contributed by atoms with van der Waals surface area (Å²) in [6.07, 6.45) is -0.656. The summed E-state index contributed by atoms with van der Waals surface area (Å²) in [5, 5.41) is 9.41. The molecule has 0 aromatic heterocycles. The number of hydrogen-bond donors (Lipinski definition) is 1. The second-order valence-electron chi connectivity index (χ2n) is 2.64. The van der Waals surface area contributed by atoms with Gasteiger partial charge in [-0.25, -0.2) is 0 Å². The van der Waals surface area contributed by atoms with Gasteiger partial charge in [0.05, 0.1) is 6.10 Å². The molecular formula is C9H12NO. The summed E-state index contributed by atoms with van der Waals surface area (Å²) in [5.41, 5.74) is 8.09. The van der Waals surface area contributed by atoms with E-state index in [2.05, 4.69) is 0 Å². The lowest BCUT2D eigenvalue weighted by atomic mass is 10.0. The van der Waals surface area contributed by atoms with E-state index in [0.717, 1.165) is 5.56 Å². The van der Waals surface area contributed by atoms with Crippen molar-refractivity contribution in [3.8, 4) is 0 Å². The van der Waals surface area contributed by atoms with Crippen LogP contribution >= 0.6 is 0 Å². The van der Waals surface area contributed by atoms with Crippen molar-refractivity contribution in [2.45, 2.75) is 19.1 Å². The summed E-state index contributed by atoms with van der Waals surface area (Å²) in [6, 6.07) is 8.82. The minimum atomic E-state index is -0.656. The standard InChI is InChI=1S/C9H12NO/c1-7(10)9(11)8-5-3-2-4-6-8/h2-7,9-11H,1H3. The quantitative estimate of drug-likeness (QED) is 0.680. The second kappa shape index (κ2) is 3.51. The molecule has 2 heteroatoms. The van der Waals surface area contributed by atoms with Crippen LogP contribution in [0, 0.1) is 0 Å². The molecule has 2 N–H and O–H groups in total. The Labute approximate surface area is 66.7 Å². The number of hydrogen-bond acceptors (Lipinski definition) is 1. The largest absolute Gasteiger partial charge is 0.387 e. The Morgan fingerprint density at radius 1 is 1.27 bits per heavy atom. The molecule has 0 aliphatic carbocycles. The van der Waals surface area contributed by atoms with E-state index in [9.17, 15) is 5.11 Å². The molecule has 0 saturated heterocycles. The summed E-state index contributed by atoms with van der Waals surface area (Å²) in [7, 11) is 0. The molecule has 0 aliphatic heterocycles. The zero-order chi connectivity index (χ0) is 8.27. The third kappa shape index (κ3) is 2.03. The third-order valence-electron chi connectivity index (χ3n) is 1.61. The molecule has 2 nitrogen and oxygen atoms in total. The predicted molar refractivity (Wildman–Crippen MR) is 44.0 cm³/mol. The Bertz CT molecular complexity index is 208. The molecule has 1 rings (SSSR count). The number of benzene rings is 1. The van der Waals surface area contributed by atoms with Crippen LogP contribution in [0.25, 0.3) is 0 Å². The lowest BCUT2D eigenvalue weighted by Crippen LogP contribution is -2.15. The summed E-state index contributed by atoms with van der Waals surface area (Å²) in [6.45, 7) is 1.68. The molecule has 0 fully saturated rings. The van der Waals surface area contributed by atoms with Crippen molar-refractivity contribution >= 4 is 0 Å². The molecule has 59 valence electrons. The van der Waals surface area contributed by atoms with Gasteiger partial charge in [0, 0.05) is 6.04 Å². The molecule has 2 unspecified atom stereocenters. The molecule has 1 radical (unpaired) electrons. The highest BCUT2D eigenvalue weighted by Crippen LogP contribution is 2.14. The molecule has 1 aromatic carbocycles. The van der Waals surface area contributed by atoms with E-state index in [-0.39, 0.29) is 0 Å². The van der Waals surface area contributed by atoms with Crippen LogP contribution in [0.4, 0.5) is 0 Å². The van der Waals surface area contributed by atoms with Gasteiger partial charge in [0.25, 0.3) is 0 Å². The lowest BCUT2D eigenvalue weighted by Gasteiger charge is -2.12. The summed E-state index contributed by atoms with van der Waals surface area (Å²) >= 11 is 0. The van der Waals surface area contributed by atoms with E-state index in [1.807, 2.05) is 30.3 Å². The molecule has 0 aliphatic rings. The van der Waals surface area contributed by atoms with Crippen molar-refractivity contribution in [3.05, 3.63) is 35.9 Å². The first-order valence-corrected chi connectivity index (χ1v) is 3.66. The van der Waals surface area contributed by atoms with Gasteiger partial charge in [0.1, 0.15) is 0 Å². The molecule has 0 bridgehead atoms. The smallest absolute Gasteiger partial charge is 0.0953 e. The number of aliphatic hydroxyl groups is 1. The minimum Gasteiger partial charge on any atom is -0.387 e. The van der Waals surface area contributed by atoms with Crippen LogP contribution in [0.5, 0.6) is 0 Å². The Morgan fingerprint density at radius 3 is 2.27 bits per heavy atom. The number of nitrogens with one attached hydrogen (secondary N) is 1. The first-order chi connectivity index (χ1) is 5.22. The Balaban J connectivity index is 2.77. The van der Waals surface area contributed by atoms with E-state index in [1.54, 1.807) is 6.92 Å². The van der Waals surface area contributed by atoms with Crippen LogP contribution in [0.2, 0.25) is 0 Å². The monoisotopic (exact) mass is 150 g/mol. The highest BCUT2D eigenvalue weighted by atomic mass is 16.3. The van der Waals surface area contributed by atoms with Gasteiger partial charge in [0.15, 0.2) is 0 Å². The van der Waals surface area contributed by atoms with E-state index < -0.39 is 12.1 Å². The molecule has 0 spiro atoms. The van der Waals surface area contributed by atoms with Gasteiger partial charge >= 0.3 is 0 Å². The van der Waals surface area contributed by atoms with Crippen molar-refractivity contribution < 1.29 is 5.11 Å². The summed E-state index contributed by atoms with van der Waals surface area (Å²) in [4.78, 5) is 0. The molecular weight excluding hydrogens is 138 g/mol. The van der Waals surface area contributed by atoms with Crippen LogP contribution in [0.15, 0.2) is 30.3 Å². The zero-order valence-corrected chi connectivity index (χ0v) is 6.49. The first kappa shape index (κ1) is 8.24. The van der Waals surface area contributed by atoms with Crippen molar-refractivity contribution in [2.75, 3.05) is 0 Å². The van der Waals surface area contributed by atoms with Gasteiger partial charge in [-0.2, -0.15) is 0 Å². The second-order valence-corrected chi connectivity index (χ2v) is 2.64. The molecule has 1 aromatic rings. The van der Waals surface area contributed by atoms with Crippen LogP contribution < -0.4 is 5.73 Å². The van der Waals surface area contributed by atoms with Crippen LogP contribution in [-0.2, 0) is 0 Å². The maximum atomic E-state index is 9.41. The topological polar surface area (TPSA) is 44.0 Å². The van der Waals surface area contributed by atoms with Gasteiger partial charge in [-0.15, -0.1) is 0 Å². The van der Waals surface area contributed by atoms with Gasteiger partial charge in [-0.1, -0.05) is 30.3 Å². The minimum absolute atomic E-state index is 0.461. The molecule has 0 saturated carbocycles. The van der Waals surface area contributed by atoms with Gasteiger partial charge in [0.2, 0.25) is 0 Å². The van der Waals surface area contributed by atoms with Crippen LogP contribution in [-0.4, -0.2) is 11.1 Å². The zero-order valence-electron chi connectivity index (χ0n) is 6.49. The average molecular weight is 150 g/mol. The SMILES string of the molecule is CC([NH])C(O)c1ccccc1. The van der Waals surface area contributed by atoms with E-state index in [1.165, 1.54) is 0 Å². The average Bonchev–Trinajstić information content (AvgIpc) is 2.05. The third-order valence-corrected chi connectivity index (χ3v) is 1.61. The highest BCUT2D eigenvalue weighted by molar-refractivity contribution is 5.18. The Morgan fingerprint density at radius 2 is 1.82 bits per heavy atom. The maximum absolute atomic E-state index is 9.41. The fraction of sp³-hybridized carbons (Fsp3) is 0.333. The normalized spacial score (nSPS) is 15.9. The lowest BCUT2D eigenvalue weighted by molar-refractivity contribution is 0.150. The van der Waals surface area contributed by atoms with Crippen molar-refractivity contribution in [3.63, 3.8) is 0 Å². The first-order valence-electron chi connectivity index (χ1n) is 3.66.